The van der Waals surface area contributed by atoms with Crippen molar-refractivity contribution in [1.82, 2.24) is 15.0 Å². The normalized spacial score (nSPS) is 15.2. The first-order chi connectivity index (χ1) is 14.4. The molecule has 30 heavy (non-hydrogen) atoms. The molecule has 1 amide bonds. The molecule has 1 aliphatic heterocycles. The van der Waals surface area contributed by atoms with Gasteiger partial charge in [0.15, 0.2) is 5.69 Å². The summed E-state index contributed by atoms with van der Waals surface area (Å²) in [4.78, 5) is 29.9. The Balaban J connectivity index is 1.74. The predicted octanol–water partition coefficient (Wildman–Crippen LogP) is 5.29. The number of nitrogens with one attached hydrogen (secondary N) is 1. The van der Waals surface area contributed by atoms with Crippen LogP contribution in [0, 0.1) is 5.92 Å². The van der Waals surface area contributed by atoms with Crippen LogP contribution in [0.5, 0.6) is 0 Å². The zero-order valence-electron chi connectivity index (χ0n) is 17.7. The standard InChI is InChI=1S/C23H28ClN5O/c1-15(2)12-16(3)29(18-6-7-20-17(13-18)8-9-25-20)22(30)21-19(24)14-26-23(27-21)28-10-4-5-11-28/h6-9,13-16,25H,4-5,10-12H2,1-3H3/t16-/m1/s1. The van der Waals surface area contributed by atoms with Gasteiger partial charge in [-0.05, 0) is 56.4 Å². The van der Waals surface area contributed by atoms with E-state index in [1.165, 1.54) is 0 Å². The SMILES string of the molecule is CC(C)C[C@@H](C)N(C(=O)c1nc(N2CCCC2)ncc1Cl)c1ccc2[nH]ccc2c1. The lowest BCUT2D eigenvalue weighted by Crippen LogP contribution is -2.40. The van der Waals surface area contributed by atoms with E-state index in [9.17, 15) is 4.79 Å². The molecule has 0 radical (unpaired) electrons. The maximum atomic E-state index is 13.8. The second-order valence-corrected chi connectivity index (χ2v) is 8.87. The molecular formula is C23H28ClN5O. The van der Waals surface area contributed by atoms with Crippen LogP contribution in [0.3, 0.4) is 0 Å². The lowest BCUT2D eigenvalue weighted by atomic mass is 10.0. The minimum atomic E-state index is -0.189. The molecule has 3 aromatic rings. The molecule has 1 fully saturated rings. The van der Waals surface area contributed by atoms with Crippen LogP contribution < -0.4 is 9.80 Å². The molecule has 2 aromatic heterocycles. The third-order valence-corrected chi connectivity index (χ3v) is 5.89. The number of fused-ring (bicyclic) bond motifs is 1. The number of H-pyrrole nitrogens is 1. The van der Waals surface area contributed by atoms with Gasteiger partial charge in [-0.1, -0.05) is 25.4 Å². The fourth-order valence-electron chi connectivity index (χ4n) is 4.24. The molecule has 0 spiro atoms. The number of hydrogen-bond acceptors (Lipinski definition) is 4. The highest BCUT2D eigenvalue weighted by Crippen LogP contribution is 2.29. The second-order valence-electron chi connectivity index (χ2n) is 8.46. The molecule has 3 heterocycles. The Labute approximate surface area is 182 Å². The Bertz CT molecular complexity index is 1040. The molecule has 1 aromatic carbocycles. The smallest absolute Gasteiger partial charge is 0.278 e. The fourth-order valence-corrected chi connectivity index (χ4v) is 4.41. The summed E-state index contributed by atoms with van der Waals surface area (Å²) in [5, 5.41) is 1.35. The summed E-state index contributed by atoms with van der Waals surface area (Å²) in [7, 11) is 0. The van der Waals surface area contributed by atoms with Crippen LogP contribution in [-0.2, 0) is 0 Å². The van der Waals surface area contributed by atoms with Crippen LogP contribution in [0.4, 0.5) is 11.6 Å². The molecular weight excluding hydrogens is 398 g/mol. The third-order valence-electron chi connectivity index (χ3n) is 5.61. The van der Waals surface area contributed by atoms with Gasteiger partial charge in [0.05, 0.1) is 11.2 Å². The summed E-state index contributed by atoms with van der Waals surface area (Å²) in [6.07, 6.45) is 6.56. The van der Waals surface area contributed by atoms with Gasteiger partial charge in [-0.25, -0.2) is 9.97 Å². The largest absolute Gasteiger partial charge is 0.361 e. The van der Waals surface area contributed by atoms with Crippen molar-refractivity contribution in [1.29, 1.82) is 0 Å². The number of nitrogens with zero attached hydrogens (tertiary/aromatic N) is 4. The summed E-state index contributed by atoms with van der Waals surface area (Å²) < 4.78 is 0. The number of benzene rings is 1. The first kappa shape index (κ1) is 20.7. The van der Waals surface area contributed by atoms with Gasteiger partial charge in [0, 0.05) is 41.9 Å². The number of carbonyl (C=O) groups excluding carboxylic acids is 1. The Morgan fingerprint density at radius 3 is 2.73 bits per heavy atom. The quantitative estimate of drug-likeness (QED) is 0.582. The molecule has 1 atom stereocenters. The molecule has 1 saturated heterocycles. The summed E-state index contributed by atoms with van der Waals surface area (Å²) >= 11 is 6.42. The Morgan fingerprint density at radius 2 is 2.00 bits per heavy atom. The maximum absolute atomic E-state index is 13.8. The molecule has 0 saturated carbocycles. The first-order valence-corrected chi connectivity index (χ1v) is 11.0. The zero-order chi connectivity index (χ0) is 21.3. The van der Waals surface area contributed by atoms with E-state index >= 15 is 0 Å². The van der Waals surface area contributed by atoms with Crippen molar-refractivity contribution in [3.8, 4) is 0 Å². The van der Waals surface area contributed by atoms with Crippen molar-refractivity contribution < 1.29 is 4.79 Å². The Hall–Kier alpha value is -2.60. The van der Waals surface area contributed by atoms with Crippen LogP contribution >= 0.6 is 11.6 Å². The van der Waals surface area contributed by atoms with Gasteiger partial charge in [0.2, 0.25) is 5.95 Å². The molecule has 6 nitrogen and oxygen atoms in total. The van der Waals surface area contributed by atoms with E-state index in [-0.39, 0.29) is 22.7 Å². The minimum Gasteiger partial charge on any atom is -0.361 e. The topological polar surface area (TPSA) is 65.1 Å². The lowest BCUT2D eigenvalue weighted by molar-refractivity contribution is 0.0971. The molecule has 0 unspecified atom stereocenters. The number of carbonyl (C=O) groups is 1. The number of rotatable bonds is 6. The van der Waals surface area contributed by atoms with Gasteiger partial charge in [0.25, 0.3) is 5.91 Å². The molecule has 0 aliphatic carbocycles. The van der Waals surface area contributed by atoms with Crippen LogP contribution in [-0.4, -0.2) is 40.0 Å². The van der Waals surface area contributed by atoms with Gasteiger partial charge in [-0.15, -0.1) is 0 Å². The first-order valence-electron chi connectivity index (χ1n) is 10.6. The average molecular weight is 426 g/mol. The average Bonchev–Trinajstić information content (AvgIpc) is 3.39. The Morgan fingerprint density at radius 1 is 1.23 bits per heavy atom. The van der Waals surface area contributed by atoms with Gasteiger partial charge >= 0.3 is 0 Å². The van der Waals surface area contributed by atoms with Crippen LogP contribution in [0.25, 0.3) is 10.9 Å². The minimum absolute atomic E-state index is 0.00448. The molecule has 7 heteroatoms. The van der Waals surface area contributed by atoms with Crippen LogP contribution in [0.1, 0.15) is 50.5 Å². The van der Waals surface area contributed by atoms with E-state index in [2.05, 4.69) is 40.6 Å². The number of aromatic amines is 1. The highest BCUT2D eigenvalue weighted by molar-refractivity contribution is 6.34. The van der Waals surface area contributed by atoms with E-state index in [1.54, 1.807) is 6.20 Å². The van der Waals surface area contributed by atoms with Crippen molar-refractivity contribution in [3.63, 3.8) is 0 Å². The monoisotopic (exact) mass is 425 g/mol. The van der Waals surface area contributed by atoms with Crippen molar-refractivity contribution in [2.75, 3.05) is 22.9 Å². The Kier molecular flexibility index (Phi) is 5.95. The summed E-state index contributed by atoms with van der Waals surface area (Å²) in [5.41, 5.74) is 2.15. The number of aromatic nitrogens is 3. The van der Waals surface area contributed by atoms with E-state index in [1.807, 2.05) is 35.4 Å². The van der Waals surface area contributed by atoms with Gasteiger partial charge in [-0.3, -0.25) is 4.79 Å². The van der Waals surface area contributed by atoms with Crippen molar-refractivity contribution in [2.24, 2.45) is 5.92 Å². The molecule has 0 bridgehead atoms. The van der Waals surface area contributed by atoms with E-state index in [0.717, 1.165) is 48.9 Å². The number of hydrogen-bond donors (Lipinski definition) is 1. The van der Waals surface area contributed by atoms with Crippen molar-refractivity contribution in [3.05, 3.63) is 47.4 Å². The predicted molar refractivity (Wildman–Crippen MR) is 123 cm³/mol. The molecule has 158 valence electrons. The summed E-state index contributed by atoms with van der Waals surface area (Å²) in [6.45, 7) is 8.23. The zero-order valence-corrected chi connectivity index (χ0v) is 18.5. The molecule has 4 rings (SSSR count). The van der Waals surface area contributed by atoms with Gasteiger partial charge in [-0.2, -0.15) is 0 Å². The third kappa shape index (κ3) is 4.15. The fraction of sp³-hybridized carbons (Fsp3) is 0.435. The van der Waals surface area contributed by atoms with E-state index < -0.39 is 0 Å². The second kappa shape index (κ2) is 8.64. The highest BCUT2D eigenvalue weighted by Gasteiger charge is 2.28. The molecule has 1 N–H and O–H groups in total. The highest BCUT2D eigenvalue weighted by atomic mass is 35.5. The number of anilines is 2. The van der Waals surface area contributed by atoms with E-state index in [0.29, 0.717) is 11.9 Å². The van der Waals surface area contributed by atoms with E-state index in [4.69, 9.17) is 11.6 Å². The van der Waals surface area contributed by atoms with Gasteiger partial charge < -0.3 is 14.8 Å². The number of amides is 1. The maximum Gasteiger partial charge on any atom is 0.278 e. The van der Waals surface area contributed by atoms with Crippen molar-refractivity contribution in [2.45, 2.75) is 46.1 Å². The van der Waals surface area contributed by atoms with Crippen molar-refractivity contribution >= 4 is 40.0 Å². The van der Waals surface area contributed by atoms with Crippen LogP contribution in [0.15, 0.2) is 36.7 Å². The summed E-state index contributed by atoms with van der Waals surface area (Å²) in [6, 6.07) is 8.03. The lowest BCUT2D eigenvalue weighted by Gasteiger charge is -2.31. The van der Waals surface area contributed by atoms with Gasteiger partial charge in [0.1, 0.15) is 0 Å². The number of halogens is 1. The molecule has 1 aliphatic rings. The summed E-state index contributed by atoms with van der Waals surface area (Å²) in [5.74, 6) is 0.844. The van der Waals surface area contributed by atoms with Crippen LogP contribution in [0.2, 0.25) is 5.02 Å².